The molecule has 7 heteroatoms. The second-order valence-corrected chi connectivity index (χ2v) is 6.56. The summed E-state index contributed by atoms with van der Waals surface area (Å²) in [6.45, 7) is 2.41. The van der Waals surface area contributed by atoms with E-state index in [1.165, 1.54) is 5.56 Å². The molecule has 4 aromatic rings. The summed E-state index contributed by atoms with van der Waals surface area (Å²) in [5.41, 5.74) is 10.4. The molecule has 0 aliphatic rings. The number of fused-ring (bicyclic) bond motifs is 2. The minimum atomic E-state index is -0.953. The zero-order chi connectivity index (χ0) is 18.8. The Bertz CT molecular complexity index is 1110. The topological polar surface area (TPSA) is 120 Å². The third-order valence-corrected chi connectivity index (χ3v) is 4.64. The van der Waals surface area contributed by atoms with Crippen LogP contribution in [0.5, 0.6) is 0 Å². The van der Waals surface area contributed by atoms with E-state index < -0.39 is 5.97 Å². The van der Waals surface area contributed by atoms with E-state index >= 15 is 0 Å². The molecule has 6 N–H and O–H groups in total. The number of nitrogens with zero attached hydrogens (tertiary/aromatic N) is 1. The summed E-state index contributed by atoms with van der Waals surface area (Å²) >= 11 is 0. The van der Waals surface area contributed by atoms with Crippen LogP contribution in [0.25, 0.3) is 33.2 Å². The molecule has 0 atom stereocenters. The van der Waals surface area contributed by atoms with Gasteiger partial charge in [0.2, 0.25) is 0 Å². The summed E-state index contributed by atoms with van der Waals surface area (Å²) in [7, 11) is 0. The maximum atomic E-state index is 11.1. The maximum absolute atomic E-state index is 11.1. The molecule has 7 nitrogen and oxygen atoms in total. The lowest BCUT2D eigenvalue weighted by atomic mass is 10.1. The minimum Gasteiger partial charge on any atom is -0.478 e. The Morgan fingerprint density at radius 2 is 2.04 bits per heavy atom. The van der Waals surface area contributed by atoms with Crippen molar-refractivity contribution in [3.63, 3.8) is 0 Å². The Labute approximate surface area is 155 Å². The largest absolute Gasteiger partial charge is 0.478 e. The number of rotatable bonds is 7. The van der Waals surface area contributed by atoms with Crippen LogP contribution >= 0.6 is 0 Å². The molecule has 0 bridgehead atoms. The number of nitrogens with two attached hydrogens (primary N) is 1. The molecule has 2 heterocycles. The molecule has 2 aromatic carbocycles. The lowest BCUT2D eigenvalue weighted by molar-refractivity contribution is 0.0697. The molecule has 0 saturated heterocycles. The maximum Gasteiger partial charge on any atom is 0.335 e. The minimum absolute atomic E-state index is 0.237. The first-order chi connectivity index (χ1) is 13.2. The molecule has 0 amide bonds. The Morgan fingerprint density at radius 3 is 2.85 bits per heavy atom. The normalized spacial score (nSPS) is 11.4. The van der Waals surface area contributed by atoms with Crippen LogP contribution in [-0.4, -0.2) is 39.3 Å². The van der Waals surface area contributed by atoms with Crippen LogP contribution in [0.1, 0.15) is 22.3 Å². The van der Waals surface area contributed by atoms with Gasteiger partial charge >= 0.3 is 5.97 Å². The SMILES string of the molecule is NCCCNCc1ccc2[nH]c(-c3n[nH]c4cc(C(=O)O)ccc34)cc2c1. The van der Waals surface area contributed by atoms with Crippen LogP contribution in [0.2, 0.25) is 0 Å². The van der Waals surface area contributed by atoms with Gasteiger partial charge in [0.15, 0.2) is 0 Å². The zero-order valence-corrected chi connectivity index (χ0v) is 14.7. The number of H-pyrrole nitrogens is 2. The van der Waals surface area contributed by atoms with Crippen molar-refractivity contribution in [2.45, 2.75) is 13.0 Å². The first kappa shape index (κ1) is 17.3. The van der Waals surface area contributed by atoms with Crippen molar-refractivity contribution in [1.82, 2.24) is 20.5 Å². The second kappa shape index (κ2) is 7.22. The molecule has 2 aromatic heterocycles. The van der Waals surface area contributed by atoms with Crippen LogP contribution in [0, 0.1) is 0 Å². The fourth-order valence-corrected chi connectivity index (χ4v) is 3.24. The molecule has 0 unspecified atom stereocenters. The standard InChI is InChI=1S/C20H21N5O2/c21-6-1-7-22-11-12-2-5-16-14(8-12)10-18(23-16)19-15-4-3-13(20(26)27)9-17(15)24-25-19/h2-5,8-10,22-23H,1,6-7,11,21H2,(H,24,25)(H,26,27). The smallest absolute Gasteiger partial charge is 0.335 e. The highest BCUT2D eigenvalue weighted by molar-refractivity contribution is 5.99. The average molecular weight is 363 g/mol. The molecule has 0 aliphatic carbocycles. The Balaban J connectivity index is 1.64. The number of aromatic carboxylic acids is 1. The van der Waals surface area contributed by atoms with Gasteiger partial charge in [-0.25, -0.2) is 4.79 Å². The van der Waals surface area contributed by atoms with Crippen molar-refractivity contribution in [1.29, 1.82) is 0 Å². The molecule has 0 spiro atoms. The number of aromatic nitrogens is 3. The predicted octanol–water partition coefficient (Wildman–Crippen LogP) is 2.85. The van der Waals surface area contributed by atoms with E-state index in [4.69, 9.17) is 10.8 Å². The number of benzene rings is 2. The molecular weight excluding hydrogens is 342 g/mol. The van der Waals surface area contributed by atoms with Gasteiger partial charge in [-0.15, -0.1) is 0 Å². The van der Waals surface area contributed by atoms with Gasteiger partial charge in [0, 0.05) is 22.8 Å². The zero-order valence-electron chi connectivity index (χ0n) is 14.7. The van der Waals surface area contributed by atoms with Gasteiger partial charge in [-0.1, -0.05) is 6.07 Å². The van der Waals surface area contributed by atoms with Gasteiger partial charge in [-0.2, -0.15) is 5.10 Å². The van der Waals surface area contributed by atoms with Gasteiger partial charge in [-0.05, 0) is 61.5 Å². The van der Waals surface area contributed by atoms with Crippen LogP contribution in [-0.2, 0) is 6.54 Å². The van der Waals surface area contributed by atoms with Gasteiger partial charge in [0.05, 0.1) is 16.8 Å². The second-order valence-electron chi connectivity index (χ2n) is 6.56. The van der Waals surface area contributed by atoms with Crippen molar-refractivity contribution in [3.8, 4) is 11.4 Å². The number of carbonyl (C=O) groups is 1. The molecular formula is C20H21N5O2. The third-order valence-electron chi connectivity index (χ3n) is 4.64. The molecule has 0 saturated carbocycles. The highest BCUT2D eigenvalue weighted by atomic mass is 16.4. The lowest BCUT2D eigenvalue weighted by Crippen LogP contribution is -2.17. The first-order valence-corrected chi connectivity index (χ1v) is 8.90. The van der Waals surface area contributed by atoms with Crippen molar-refractivity contribution < 1.29 is 9.90 Å². The highest BCUT2D eigenvalue weighted by Gasteiger charge is 2.13. The quantitative estimate of drug-likeness (QED) is 0.323. The van der Waals surface area contributed by atoms with Crippen LogP contribution in [0.4, 0.5) is 0 Å². The van der Waals surface area contributed by atoms with E-state index in [2.05, 4.69) is 44.8 Å². The third kappa shape index (κ3) is 3.42. The van der Waals surface area contributed by atoms with Crippen LogP contribution in [0.3, 0.4) is 0 Å². The van der Waals surface area contributed by atoms with Crippen LogP contribution < -0.4 is 11.1 Å². The number of hydrogen-bond acceptors (Lipinski definition) is 4. The molecule has 0 aliphatic heterocycles. The molecule has 0 fully saturated rings. The van der Waals surface area contributed by atoms with E-state index in [1.54, 1.807) is 18.2 Å². The lowest BCUT2D eigenvalue weighted by Gasteiger charge is -2.03. The number of carboxylic acid groups (broad SMARTS) is 1. The molecule has 0 radical (unpaired) electrons. The number of carboxylic acids is 1. The molecule has 138 valence electrons. The fraction of sp³-hybridized carbons (Fsp3) is 0.200. The van der Waals surface area contributed by atoms with E-state index in [0.29, 0.717) is 12.1 Å². The van der Waals surface area contributed by atoms with Crippen molar-refractivity contribution in [3.05, 3.63) is 53.6 Å². The van der Waals surface area contributed by atoms with E-state index in [1.807, 2.05) is 0 Å². The van der Waals surface area contributed by atoms with Crippen molar-refractivity contribution in [2.24, 2.45) is 5.73 Å². The van der Waals surface area contributed by atoms with Gasteiger partial charge in [0.1, 0.15) is 5.69 Å². The Kier molecular flexibility index (Phi) is 4.62. The Morgan fingerprint density at radius 1 is 1.15 bits per heavy atom. The predicted molar refractivity (Wildman–Crippen MR) is 106 cm³/mol. The summed E-state index contributed by atoms with van der Waals surface area (Å²) in [5, 5.41) is 21.8. The molecule has 4 rings (SSSR count). The van der Waals surface area contributed by atoms with Crippen LogP contribution in [0.15, 0.2) is 42.5 Å². The monoisotopic (exact) mass is 363 g/mol. The summed E-state index contributed by atoms with van der Waals surface area (Å²) in [5.74, 6) is -0.953. The summed E-state index contributed by atoms with van der Waals surface area (Å²) in [6, 6.07) is 13.4. The van der Waals surface area contributed by atoms with E-state index in [9.17, 15) is 4.79 Å². The van der Waals surface area contributed by atoms with Gasteiger partial charge in [-0.3, -0.25) is 5.10 Å². The summed E-state index contributed by atoms with van der Waals surface area (Å²) < 4.78 is 0. The number of hydrogen-bond donors (Lipinski definition) is 5. The Hall–Kier alpha value is -3.16. The van der Waals surface area contributed by atoms with E-state index in [0.717, 1.165) is 47.2 Å². The molecule has 27 heavy (non-hydrogen) atoms. The number of nitrogens with one attached hydrogen (secondary N) is 3. The highest BCUT2D eigenvalue weighted by Crippen LogP contribution is 2.29. The summed E-state index contributed by atoms with van der Waals surface area (Å²) in [4.78, 5) is 14.5. The number of aromatic amines is 2. The van der Waals surface area contributed by atoms with Crippen molar-refractivity contribution >= 4 is 27.8 Å². The fourth-order valence-electron chi connectivity index (χ4n) is 3.24. The summed E-state index contributed by atoms with van der Waals surface area (Å²) in [6.07, 6.45) is 0.965. The van der Waals surface area contributed by atoms with E-state index in [-0.39, 0.29) is 5.56 Å². The first-order valence-electron chi connectivity index (χ1n) is 8.90. The van der Waals surface area contributed by atoms with Gasteiger partial charge in [0.25, 0.3) is 0 Å². The van der Waals surface area contributed by atoms with Gasteiger partial charge < -0.3 is 21.1 Å². The average Bonchev–Trinajstić information content (AvgIpc) is 3.27. The van der Waals surface area contributed by atoms with Crippen molar-refractivity contribution in [2.75, 3.05) is 13.1 Å².